The normalized spacial score (nSPS) is 12.5. The minimum atomic E-state index is 0.185. The Labute approximate surface area is 166 Å². The van der Waals surface area contributed by atoms with E-state index in [4.69, 9.17) is 4.74 Å². The fourth-order valence-corrected chi connectivity index (χ4v) is 4.57. The second-order valence-electron chi connectivity index (χ2n) is 7.41. The van der Waals surface area contributed by atoms with Gasteiger partial charge >= 0.3 is 0 Å². The Bertz CT molecular complexity index is 1110. The van der Waals surface area contributed by atoms with E-state index in [-0.39, 0.29) is 5.92 Å². The fraction of sp³-hybridized carbons (Fsp3) is 0.111. The monoisotopic (exact) mass is 362 g/mol. The van der Waals surface area contributed by atoms with Crippen molar-refractivity contribution in [2.45, 2.75) is 12.8 Å². The predicted molar refractivity (Wildman–Crippen MR) is 116 cm³/mol. The average molecular weight is 362 g/mol. The van der Waals surface area contributed by atoms with E-state index in [1.54, 1.807) is 7.11 Å². The van der Waals surface area contributed by atoms with Gasteiger partial charge in [-0.2, -0.15) is 0 Å². The van der Waals surface area contributed by atoms with Crippen LogP contribution in [0.1, 0.15) is 28.2 Å². The third kappa shape index (κ3) is 2.55. The third-order valence-electron chi connectivity index (χ3n) is 5.70. The number of rotatable bonds is 3. The van der Waals surface area contributed by atoms with Crippen LogP contribution >= 0.6 is 0 Å². The highest BCUT2D eigenvalue weighted by Crippen LogP contribution is 2.51. The zero-order chi connectivity index (χ0) is 19.1. The van der Waals surface area contributed by atoms with E-state index in [2.05, 4.69) is 97.9 Å². The number of fused-ring (bicyclic) bond motifs is 3. The van der Waals surface area contributed by atoms with Gasteiger partial charge in [-0.3, -0.25) is 0 Å². The second kappa shape index (κ2) is 6.69. The number of methoxy groups -OCH3 is 1. The molecule has 4 aromatic carbocycles. The van der Waals surface area contributed by atoms with E-state index in [1.807, 2.05) is 0 Å². The topological polar surface area (TPSA) is 9.23 Å². The lowest BCUT2D eigenvalue weighted by atomic mass is 9.85. The summed E-state index contributed by atoms with van der Waals surface area (Å²) in [4.78, 5) is 0. The first-order valence-corrected chi connectivity index (χ1v) is 9.70. The Kier molecular flexibility index (Phi) is 4.02. The van der Waals surface area contributed by atoms with Gasteiger partial charge in [0.15, 0.2) is 0 Å². The van der Waals surface area contributed by atoms with E-state index in [0.717, 1.165) is 11.3 Å². The molecule has 0 bridgehead atoms. The summed E-state index contributed by atoms with van der Waals surface area (Å²) in [6.07, 6.45) is 0. The summed E-state index contributed by atoms with van der Waals surface area (Å²) < 4.78 is 6.03. The van der Waals surface area contributed by atoms with Gasteiger partial charge in [0.25, 0.3) is 0 Å². The molecule has 0 aromatic heterocycles. The average Bonchev–Trinajstić information content (AvgIpc) is 3.08. The van der Waals surface area contributed by atoms with Crippen LogP contribution in [0.3, 0.4) is 0 Å². The SMILES string of the molecule is COc1c(-c2ccccc2)cc(C)cc1C1c2ccccc2-c2ccccc21. The quantitative estimate of drug-likeness (QED) is 0.342. The number of ether oxygens (including phenoxy) is 1. The molecule has 0 N–H and O–H groups in total. The molecule has 1 aliphatic carbocycles. The molecule has 0 fully saturated rings. The van der Waals surface area contributed by atoms with Crippen molar-refractivity contribution in [3.8, 4) is 28.0 Å². The molecule has 1 aliphatic rings. The first-order valence-electron chi connectivity index (χ1n) is 9.70. The minimum absolute atomic E-state index is 0.185. The maximum absolute atomic E-state index is 6.03. The molecular formula is C27H22O. The molecule has 28 heavy (non-hydrogen) atoms. The van der Waals surface area contributed by atoms with Crippen LogP contribution in [0.5, 0.6) is 5.75 Å². The summed E-state index contributed by atoms with van der Waals surface area (Å²) in [5.41, 5.74) is 10.2. The summed E-state index contributed by atoms with van der Waals surface area (Å²) >= 11 is 0. The van der Waals surface area contributed by atoms with Gasteiger partial charge in [-0.25, -0.2) is 0 Å². The van der Waals surface area contributed by atoms with Crippen LogP contribution in [0.15, 0.2) is 91.0 Å². The maximum Gasteiger partial charge on any atom is 0.130 e. The van der Waals surface area contributed by atoms with E-state index in [9.17, 15) is 0 Å². The molecule has 1 heteroatoms. The van der Waals surface area contributed by atoms with Crippen molar-refractivity contribution >= 4 is 0 Å². The van der Waals surface area contributed by atoms with Crippen LogP contribution in [0.4, 0.5) is 0 Å². The van der Waals surface area contributed by atoms with Gasteiger partial charge in [0.05, 0.1) is 7.11 Å². The van der Waals surface area contributed by atoms with Crippen LogP contribution in [0.2, 0.25) is 0 Å². The molecule has 0 unspecified atom stereocenters. The van der Waals surface area contributed by atoms with E-state index in [0.29, 0.717) is 0 Å². The van der Waals surface area contributed by atoms with Crippen molar-refractivity contribution in [1.29, 1.82) is 0 Å². The van der Waals surface area contributed by atoms with Gasteiger partial charge < -0.3 is 4.74 Å². The molecule has 0 atom stereocenters. The van der Waals surface area contributed by atoms with Crippen LogP contribution < -0.4 is 4.74 Å². The smallest absolute Gasteiger partial charge is 0.130 e. The van der Waals surface area contributed by atoms with Crippen LogP contribution in [0, 0.1) is 6.92 Å². The Morgan fingerprint density at radius 3 is 1.79 bits per heavy atom. The number of aryl methyl sites for hydroxylation is 1. The van der Waals surface area contributed by atoms with Crippen LogP contribution in [-0.4, -0.2) is 7.11 Å². The zero-order valence-corrected chi connectivity index (χ0v) is 16.1. The highest BCUT2D eigenvalue weighted by Gasteiger charge is 2.32. The molecule has 136 valence electrons. The van der Waals surface area contributed by atoms with Gasteiger partial charge in [-0.05, 0) is 46.4 Å². The van der Waals surface area contributed by atoms with Gasteiger partial charge in [-0.1, -0.05) is 84.9 Å². The molecule has 1 nitrogen and oxygen atoms in total. The van der Waals surface area contributed by atoms with Crippen LogP contribution in [-0.2, 0) is 0 Å². The molecule has 0 amide bonds. The van der Waals surface area contributed by atoms with Gasteiger partial charge in [0.2, 0.25) is 0 Å². The number of benzene rings is 4. The standard InChI is InChI=1S/C27H22O/c1-18-16-24(19-10-4-3-5-11-19)27(28-2)25(17-18)26-22-14-8-6-12-20(22)21-13-7-9-15-23(21)26/h3-17,26H,1-2H3. The summed E-state index contributed by atoms with van der Waals surface area (Å²) in [5.74, 6) is 1.15. The van der Waals surface area contributed by atoms with Crippen molar-refractivity contribution in [1.82, 2.24) is 0 Å². The van der Waals surface area contributed by atoms with Crippen molar-refractivity contribution in [3.05, 3.63) is 113 Å². The molecule has 4 aromatic rings. The lowest BCUT2D eigenvalue weighted by Crippen LogP contribution is -2.04. The molecule has 5 rings (SSSR count). The zero-order valence-electron chi connectivity index (χ0n) is 16.1. The lowest BCUT2D eigenvalue weighted by molar-refractivity contribution is 0.411. The molecule has 0 aliphatic heterocycles. The Morgan fingerprint density at radius 2 is 1.18 bits per heavy atom. The highest BCUT2D eigenvalue weighted by molar-refractivity contribution is 5.83. The predicted octanol–water partition coefficient (Wildman–Crippen LogP) is 6.83. The summed E-state index contributed by atoms with van der Waals surface area (Å²) in [5, 5.41) is 0. The van der Waals surface area contributed by atoms with Gasteiger partial charge in [0, 0.05) is 17.0 Å². The molecule has 0 heterocycles. The van der Waals surface area contributed by atoms with E-state index in [1.165, 1.54) is 38.9 Å². The fourth-order valence-electron chi connectivity index (χ4n) is 4.57. The lowest BCUT2D eigenvalue weighted by Gasteiger charge is -2.21. The van der Waals surface area contributed by atoms with E-state index >= 15 is 0 Å². The van der Waals surface area contributed by atoms with Crippen molar-refractivity contribution in [2.24, 2.45) is 0 Å². The summed E-state index contributed by atoms with van der Waals surface area (Å²) in [6, 6.07) is 32.5. The van der Waals surface area contributed by atoms with Gasteiger partial charge in [0.1, 0.15) is 5.75 Å². The van der Waals surface area contributed by atoms with Crippen molar-refractivity contribution < 1.29 is 4.74 Å². The van der Waals surface area contributed by atoms with Gasteiger partial charge in [-0.15, -0.1) is 0 Å². The molecule has 0 saturated heterocycles. The second-order valence-corrected chi connectivity index (χ2v) is 7.41. The molecule has 0 spiro atoms. The van der Waals surface area contributed by atoms with Crippen molar-refractivity contribution in [3.63, 3.8) is 0 Å². The molecule has 0 saturated carbocycles. The van der Waals surface area contributed by atoms with Crippen LogP contribution in [0.25, 0.3) is 22.3 Å². The first kappa shape index (κ1) is 16.8. The minimum Gasteiger partial charge on any atom is -0.496 e. The Morgan fingerprint density at radius 1 is 0.607 bits per heavy atom. The van der Waals surface area contributed by atoms with Crippen molar-refractivity contribution in [2.75, 3.05) is 7.11 Å². The third-order valence-corrected chi connectivity index (χ3v) is 5.70. The first-order chi connectivity index (χ1) is 13.8. The maximum atomic E-state index is 6.03. The Balaban J connectivity index is 1.80. The largest absolute Gasteiger partial charge is 0.496 e. The number of hydrogen-bond donors (Lipinski definition) is 0. The molecular weight excluding hydrogens is 340 g/mol. The molecule has 0 radical (unpaired) electrons. The highest BCUT2D eigenvalue weighted by atomic mass is 16.5. The Hall–Kier alpha value is -3.32. The summed E-state index contributed by atoms with van der Waals surface area (Å²) in [6.45, 7) is 2.17. The summed E-state index contributed by atoms with van der Waals surface area (Å²) in [7, 11) is 1.79. The number of hydrogen-bond acceptors (Lipinski definition) is 1. The van der Waals surface area contributed by atoms with E-state index < -0.39 is 0 Å².